The Morgan fingerprint density at radius 2 is 1.84 bits per heavy atom. The highest BCUT2D eigenvalue weighted by Gasteiger charge is 2.43. The van der Waals surface area contributed by atoms with Crippen molar-refractivity contribution in [2.45, 2.75) is 56.3 Å². The summed E-state index contributed by atoms with van der Waals surface area (Å²) in [5.41, 5.74) is 7.61. The molecule has 1 aromatic rings. The van der Waals surface area contributed by atoms with Crippen LogP contribution in [-0.4, -0.2) is 29.6 Å². The van der Waals surface area contributed by atoms with Crippen LogP contribution in [0.3, 0.4) is 0 Å². The molecule has 0 radical (unpaired) electrons. The minimum Gasteiger partial charge on any atom is -0.491 e. The van der Waals surface area contributed by atoms with E-state index in [9.17, 15) is 0 Å². The summed E-state index contributed by atoms with van der Waals surface area (Å²) in [5.74, 6) is 1.08. The first-order chi connectivity index (χ1) is 9.33. The van der Waals surface area contributed by atoms with E-state index in [1.165, 1.54) is 24.8 Å². The standard InChI is InChI=1S/C16H22N2O/c17-11-8-12-4-3-5-13(9-11)18(12)15-10-19-16-7-2-1-6-14(15)16/h1-2,6-7,11-13,15H,3-5,8-10,17H2. The highest BCUT2D eigenvalue weighted by Crippen LogP contribution is 2.44. The molecule has 19 heavy (non-hydrogen) atoms. The minimum atomic E-state index is 0.407. The number of piperidine rings is 2. The number of hydrogen-bond donors (Lipinski definition) is 1. The molecule has 0 amide bonds. The number of benzene rings is 1. The Hall–Kier alpha value is -1.06. The van der Waals surface area contributed by atoms with Gasteiger partial charge in [-0.15, -0.1) is 0 Å². The van der Waals surface area contributed by atoms with Crippen LogP contribution < -0.4 is 10.5 Å². The molecule has 1 aromatic carbocycles. The average Bonchev–Trinajstić information content (AvgIpc) is 2.81. The van der Waals surface area contributed by atoms with Gasteiger partial charge in [-0.2, -0.15) is 0 Å². The van der Waals surface area contributed by atoms with E-state index in [1.807, 2.05) is 0 Å². The van der Waals surface area contributed by atoms with Gasteiger partial charge in [-0.25, -0.2) is 0 Å². The fraction of sp³-hybridized carbons (Fsp3) is 0.625. The Morgan fingerprint density at radius 1 is 1.11 bits per heavy atom. The van der Waals surface area contributed by atoms with Crippen LogP contribution in [0, 0.1) is 0 Å². The van der Waals surface area contributed by atoms with Crippen molar-refractivity contribution in [3.05, 3.63) is 29.8 Å². The molecule has 3 unspecified atom stereocenters. The Kier molecular flexibility index (Phi) is 2.78. The van der Waals surface area contributed by atoms with E-state index in [0.29, 0.717) is 24.2 Å². The van der Waals surface area contributed by atoms with E-state index in [0.717, 1.165) is 25.2 Å². The second kappa shape index (κ2) is 4.50. The van der Waals surface area contributed by atoms with Gasteiger partial charge in [0, 0.05) is 23.7 Å². The maximum atomic E-state index is 6.22. The summed E-state index contributed by atoms with van der Waals surface area (Å²) in [6.45, 7) is 0.821. The molecular weight excluding hydrogens is 236 g/mol. The molecule has 0 aromatic heterocycles. The first-order valence-electron chi connectivity index (χ1n) is 7.57. The van der Waals surface area contributed by atoms with Crippen LogP contribution in [-0.2, 0) is 0 Å². The molecule has 3 aliphatic heterocycles. The molecule has 0 spiro atoms. The van der Waals surface area contributed by atoms with E-state index in [4.69, 9.17) is 10.5 Å². The first-order valence-corrected chi connectivity index (χ1v) is 7.57. The summed E-state index contributed by atoms with van der Waals surface area (Å²) in [6.07, 6.45) is 6.31. The normalized spacial score (nSPS) is 37.7. The van der Waals surface area contributed by atoms with Gasteiger partial charge in [0.15, 0.2) is 0 Å². The summed E-state index contributed by atoms with van der Waals surface area (Å²) in [7, 11) is 0. The molecule has 3 heteroatoms. The molecule has 3 aliphatic rings. The quantitative estimate of drug-likeness (QED) is 0.841. The van der Waals surface area contributed by atoms with E-state index in [2.05, 4.69) is 29.2 Å². The molecule has 3 heterocycles. The van der Waals surface area contributed by atoms with Crippen LogP contribution in [0.5, 0.6) is 5.75 Å². The summed E-state index contributed by atoms with van der Waals surface area (Å²) in [5, 5.41) is 0. The van der Waals surface area contributed by atoms with Gasteiger partial charge in [-0.3, -0.25) is 4.90 Å². The molecule has 0 aliphatic carbocycles. The number of hydrogen-bond acceptors (Lipinski definition) is 3. The minimum absolute atomic E-state index is 0.407. The van der Waals surface area contributed by atoms with Crippen LogP contribution in [0.2, 0.25) is 0 Å². The largest absolute Gasteiger partial charge is 0.491 e. The molecule has 2 N–H and O–H groups in total. The van der Waals surface area contributed by atoms with E-state index in [-0.39, 0.29) is 0 Å². The third kappa shape index (κ3) is 1.87. The van der Waals surface area contributed by atoms with E-state index < -0.39 is 0 Å². The predicted octanol–water partition coefficient (Wildman–Crippen LogP) is 2.46. The van der Waals surface area contributed by atoms with Gasteiger partial charge < -0.3 is 10.5 Å². The van der Waals surface area contributed by atoms with Gasteiger partial charge in [0.1, 0.15) is 12.4 Å². The third-order valence-corrected chi connectivity index (χ3v) is 5.10. The molecule has 2 saturated heterocycles. The van der Waals surface area contributed by atoms with Crippen LogP contribution >= 0.6 is 0 Å². The number of rotatable bonds is 1. The summed E-state index contributed by atoms with van der Waals surface area (Å²) < 4.78 is 5.88. The fourth-order valence-corrected chi connectivity index (χ4v) is 4.36. The van der Waals surface area contributed by atoms with Crippen molar-refractivity contribution in [3.63, 3.8) is 0 Å². The number of nitrogens with zero attached hydrogens (tertiary/aromatic N) is 1. The van der Waals surface area contributed by atoms with Crippen molar-refractivity contribution in [1.29, 1.82) is 0 Å². The highest BCUT2D eigenvalue weighted by atomic mass is 16.5. The third-order valence-electron chi connectivity index (χ3n) is 5.10. The zero-order valence-electron chi connectivity index (χ0n) is 11.3. The van der Waals surface area contributed by atoms with Gasteiger partial charge in [-0.1, -0.05) is 24.6 Å². The van der Waals surface area contributed by atoms with Crippen molar-refractivity contribution in [1.82, 2.24) is 4.90 Å². The summed E-state index contributed by atoms with van der Waals surface area (Å²) >= 11 is 0. The first kappa shape index (κ1) is 11.7. The molecular formula is C16H22N2O. The van der Waals surface area contributed by atoms with Gasteiger partial charge in [0.05, 0.1) is 6.04 Å². The van der Waals surface area contributed by atoms with Crippen LogP contribution in [0.4, 0.5) is 0 Å². The molecule has 2 bridgehead atoms. The van der Waals surface area contributed by atoms with Crippen molar-refractivity contribution >= 4 is 0 Å². The lowest BCUT2D eigenvalue weighted by Gasteiger charge is -2.50. The maximum absolute atomic E-state index is 6.22. The Labute approximate surface area is 114 Å². The molecule has 102 valence electrons. The average molecular weight is 258 g/mol. The van der Waals surface area contributed by atoms with Crippen molar-refractivity contribution in [2.24, 2.45) is 5.73 Å². The zero-order valence-corrected chi connectivity index (χ0v) is 11.3. The Balaban J connectivity index is 1.66. The van der Waals surface area contributed by atoms with Crippen LogP contribution in [0.1, 0.15) is 43.7 Å². The van der Waals surface area contributed by atoms with Crippen LogP contribution in [0.15, 0.2) is 24.3 Å². The molecule has 2 fully saturated rings. The number of fused-ring (bicyclic) bond motifs is 3. The lowest BCUT2D eigenvalue weighted by atomic mass is 9.80. The van der Waals surface area contributed by atoms with E-state index in [1.54, 1.807) is 0 Å². The smallest absolute Gasteiger partial charge is 0.124 e. The van der Waals surface area contributed by atoms with Gasteiger partial charge in [0.2, 0.25) is 0 Å². The van der Waals surface area contributed by atoms with E-state index >= 15 is 0 Å². The Morgan fingerprint density at radius 3 is 2.63 bits per heavy atom. The molecule has 0 saturated carbocycles. The topological polar surface area (TPSA) is 38.5 Å². The zero-order chi connectivity index (χ0) is 12.8. The van der Waals surface area contributed by atoms with Gasteiger partial charge >= 0.3 is 0 Å². The van der Waals surface area contributed by atoms with Crippen molar-refractivity contribution in [2.75, 3.05) is 6.61 Å². The van der Waals surface area contributed by atoms with Gasteiger partial charge in [0.25, 0.3) is 0 Å². The Bertz CT molecular complexity index is 462. The molecule has 4 rings (SSSR count). The lowest BCUT2D eigenvalue weighted by Crippen LogP contribution is -2.56. The maximum Gasteiger partial charge on any atom is 0.124 e. The summed E-state index contributed by atoms with van der Waals surface area (Å²) in [4.78, 5) is 2.73. The number of para-hydroxylation sites is 1. The SMILES string of the molecule is NC1CC2CCCC(C1)N2C1COc2ccccc21. The number of ether oxygens (including phenoxy) is 1. The fourth-order valence-electron chi connectivity index (χ4n) is 4.36. The lowest BCUT2D eigenvalue weighted by molar-refractivity contribution is -0.0121. The molecule has 3 nitrogen and oxygen atoms in total. The van der Waals surface area contributed by atoms with Gasteiger partial charge in [-0.05, 0) is 31.7 Å². The highest BCUT2D eigenvalue weighted by molar-refractivity contribution is 5.39. The summed E-state index contributed by atoms with van der Waals surface area (Å²) in [6, 6.07) is 10.7. The second-order valence-electron chi connectivity index (χ2n) is 6.28. The predicted molar refractivity (Wildman–Crippen MR) is 75.2 cm³/mol. The number of nitrogens with two attached hydrogens (primary N) is 1. The molecule has 3 atom stereocenters. The van der Waals surface area contributed by atoms with Crippen molar-refractivity contribution in [3.8, 4) is 5.75 Å². The van der Waals surface area contributed by atoms with Crippen LogP contribution in [0.25, 0.3) is 0 Å². The second-order valence-corrected chi connectivity index (χ2v) is 6.28. The van der Waals surface area contributed by atoms with Crippen molar-refractivity contribution < 1.29 is 4.74 Å². The monoisotopic (exact) mass is 258 g/mol.